The average molecular weight is 562 g/mol. The van der Waals surface area contributed by atoms with Crippen molar-refractivity contribution < 1.29 is 9.53 Å². The summed E-state index contributed by atoms with van der Waals surface area (Å²) in [6, 6.07) is 8.14. The molecule has 2 aromatic heterocycles. The topological polar surface area (TPSA) is 113 Å². The number of hydrogen-bond donors (Lipinski definition) is 1. The number of likely N-dealkylation sites (N-methyl/N-ethyl adjacent to an activating group) is 1. The van der Waals surface area contributed by atoms with E-state index in [2.05, 4.69) is 51.0 Å². The van der Waals surface area contributed by atoms with E-state index < -0.39 is 5.54 Å². The van der Waals surface area contributed by atoms with Crippen LogP contribution in [0.2, 0.25) is 0 Å². The predicted molar refractivity (Wildman–Crippen MR) is 163 cm³/mol. The molecule has 0 saturated carbocycles. The Morgan fingerprint density at radius 2 is 1.93 bits per heavy atom. The highest BCUT2D eigenvalue weighted by Crippen LogP contribution is 2.22. The summed E-state index contributed by atoms with van der Waals surface area (Å²) in [6.45, 7) is 13.8. The first-order chi connectivity index (χ1) is 19.7. The summed E-state index contributed by atoms with van der Waals surface area (Å²) in [7, 11) is 3.70. The number of ether oxygens (including phenoxy) is 1. The van der Waals surface area contributed by atoms with Gasteiger partial charge < -0.3 is 19.9 Å². The Morgan fingerprint density at radius 1 is 1.22 bits per heavy atom. The molecular formula is C29H39N9O3. The van der Waals surface area contributed by atoms with Gasteiger partial charge in [0.25, 0.3) is 5.56 Å². The zero-order chi connectivity index (χ0) is 29.6. The standard InChI is InChI=1S/C29H39N9O3/c1-7-9-25(33-37(21-39)29(3,4)20-41-6)38-26-24(27(40)36(38)14-8-2)19-30-28(32-26)31-22-10-12-23(13-11-22)35-17-15-34(5)16-18-35/h7-13,19,21H,2,14-18,20H2,1,3-6H3,(H,30,31,32)/b9-7-,33-25+. The van der Waals surface area contributed by atoms with Crippen molar-refractivity contribution in [1.29, 1.82) is 0 Å². The predicted octanol–water partition coefficient (Wildman–Crippen LogP) is 2.90. The van der Waals surface area contributed by atoms with E-state index in [1.807, 2.05) is 32.9 Å². The Bertz CT molecular complexity index is 1480. The van der Waals surface area contributed by atoms with Crippen molar-refractivity contribution in [3.05, 3.63) is 65.6 Å². The van der Waals surface area contributed by atoms with Gasteiger partial charge in [-0.15, -0.1) is 11.7 Å². The van der Waals surface area contributed by atoms with Crippen molar-refractivity contribution in [3.8, 4) is 0 Å². The van der Waals surface area contributed by atoms with Gasteiger partial charge in [0.05, 0.1) is 18.7 Å². The Kier molecular flexibility index (Phi) is 9.35. The molecule has 0 aliphatic carbocycles. The second kappa shape index (κ2) is 12.9. The molecule has 0 bridgehead atoms. The largest absolute Gasteiger partial charge is 0.382 e. The minimum atomic E-state index is -0.742. The summed E-state index contributed by atoms with van der Waals surface area (Å²) in [5.74, 6) is 0.639. The molecule has 0 atom stereocenters. The Balaban J connectivity index is 1.74. The number of fused-ring (bicyclic) bond motifs is 1. The van der Waals surface area contributed by atoms with Crippen LogP contribution in [0.1, 0.15) is 20.8 Å². The van der Waals surface area contributed by atoms with Crippen molar-refractivity contribution in [1.82, 2.24) is 29.2 Å². The molecule has 12 nitrogen and oxygen atoms in total. The molecule has 1 amide bonds. The van der Waals surface area contributed by atoms with Crippen molar-refractivity contribution in [2.24, 2.45) is 5.10 Å². The van der Waals surface area contributed by atoms with Gasteiger partial charge in [0.15, 0.2) is 11.5 Å². The van der Waals surface area contributed by atoms with Crippen LogP contribution >= 0.6 is 0 Å². The molecule has 1 fully saturated rings. The van der Waals surface area contributed by atoms with Crippen molar-refractivity contribution in [2.45, 2.75) is 32.9 Å². The van der Waals surface area contributed by atoms with Gasteiger partial charge in [-0.3, -0.25) is 9.59 Å². The van der Waals surface area contributed by atoms with Crippen molar-refractivity contribution in [2.75, 3.05) is 57.2 Å². The van der Waals surface area contributed by atoms with Crippen LogP contribution < -0.4 is 15.8 Å². The Morgan fingerprint density at radius 3 is 2.54 bits per heavy atom. The fourth-order valence-electron chi connectivity index (χ4n) is 4.68. The highest BCUT2D eigenvalue weighted by atomic mass is 16.5. The first-order valence-electron chi connectivity index (χ1n) is 13.6. The van der Waals surface area contributed by atoms with Crippen LogP contribution in [0.5, 0.6) is 0 Å². The quantitative estimate of drug-likeness (QED) is 0.125. The molecule has 0 unspecified atom stereocenters. The number of amides is 1. The van der Waals surface area contributed by atoms with Gasteiger partial charge in [-0.05, 0) is 58.2 Å². The number of rotatable bonds is 11. The lowest BCUT2D eigenvalue weighted by atomic mass is 10.1. The third-order valence-corrected chi connectivity index (χ3v) is 6.93. The van der Waals surface area contributed by atoms with Gasteiger partial charge in [0.1, 0.15) is 5.39 Å². The van der Waals surface area contributed by atoms with Crippen LogP contribution in [0, 0.1) is 0 Å². The molecule has 0 radical (unpaired) electrons. The van der Waals surface area contributed by atoms with Crippen LogP contribution in [-0.4, -0.2) is 94.0 Å². The van der Waals surface area contributed by atoms with Gasteiger partial charge in [0.2, 0.25) is 12.4 Å². The summed E-state index contributed by atoms with van der Waals surface area (Å²) in [5.41, 5.74) is 1.29. The third-order valence-electron chi connectivity index (χ3n) is 6.93. The number of methoxy groups -OCH3 is 1. The number of nitrogens with one attached hydrogen (secondary N) is 1. The molecular weight excluding hydrogens is 522 g/mol. The van der Waals surface area contributed by atoms with E-state index in [0.717, 1.165) is 31.9 Å². The minimum Gasteiger partial charge on any atom is -0.382 e. The maximum absolute atomic E-state index is 13.4. The third kappa shape index (κ3) is 6.55. The average Bonchev–Trinajstić information content (AvgIpc) is 3.22. The van der Waals surface area contributed by atoms with Gasteiger partial charge in [-0.1, -0.05) is 12.2 Å². The van der Waals surface area contributed by atoms with E-state index in [4.69, 9.17) is 9.72 Å². The summed E-state index contributed by atoms with van der Waals surface area (Å²) >= 11 is 0. The number of anilines is 3. The molecule has 1 N–H and O–H groups in total. The van der Waals surface area contributed by atoms with E-state index in [9.17, 15) is 9.59 Å². The van der Waals surface area contributed by atoms with Crippen LogP contribution in [-0.2, 0) is 16.1 Å². The molecule has 1 saturated heterocycles. The monoisotopic (exact) mass is 561 g/mol. The molecule has 4 rings (SSSR count). The molecule has 1 aromatic carbocycles. The number of nitrogens with zero attached hydrogens (tertiary/aromatic N) is 8. The normalized spacial score (nSPS) is 15.0. The first-order valence-corrected chi connectivity index (χ1v) is 13.6. The van der Waals surface area contributed by atoms with Gasteiger partial charge >= 0.3 is 0 Å². The number of allylic oxidation sites excluding steroid dienone is 3. The maximum Gasteiger partial charge on any atom is 0.278 e. The number of hydrazone groups is 1. The Labute approximate surface area is 240 Å². The van der Waals surface area contributed by atoms with Crippen molar-refractivity contribution >= 4 is 40.6 Å². The van der Waals surface area contributed by atoms with Crippen molar-refractivity contribution in [3.63, 3.8) is 0 Å². The number of piperazine rings is 1. The van der Waals surface area contributed by atoms with E-state index in [1.165, 1.54) is 21.6 Å². The number of carbonyl (C=O) groups excluding carboxylic acids is 1. The van der Waals surface area contributed by atoms with Gasteiger partial charge in [-0.2, -0.15) is 4.98 Å². The van der Waals surface area contributed by atoms with E-state index in [1.54, 1.807) is 30.0 Å². The number of aromatic nitrogens is 4. The fourth-order valence-corrected chi connectivity index (χ4v) is 4.68. The summed E-state index contributed by atoms with van der Waals surface area (Å²) < 4.78 is 8.34. The maximum atomic E-state index is 13.4. The van der Waals surface area contributed by atoms with Crippen LogP contribution in [0.15, 0.2) is 65.2 Å². The molecule has 1 aliphatic heterocycles. The van der Waals surface area contributed by atoms with Gasteiger partial charge in [-0.25, -0.2) is 19.4 Å². The summed E-state index contributed by atoms with van der Waals surface area (Å²) in [4.78, 5) is 39.3. The van der Waals surface area contributed by atoms with Crippen LogP contribution in [0.25, 0.3) is 11.0 Å². The summed E-state index contributed by atoms with van der Waals surface area (Å²) in [5, 5.41) is 9.46. The molecule has 12 heteroatoms. The zero-order valence-electron chi connectivity index (χ0n) is 24.4. The molecule has 3 heterocycles. The van der Waals surface area contributed by atoms with E-state index in [-0.39, 0.29) is 18.7 Å². The zero-order valence-corrected chi connectivity index (χ0v) is 24.4. The lowest BCUT2D eigenvalue weighted by Gasteiger charge is -2.34. The van der Waals surface area contributed by atoms with E-state index >= 15 is 0 Å². The highest BCUT2D eigenvalue weighted by Gasteiger charge is 2.27. The number of hydrogen-bond acceptors (Lipinski definition) is 9. The molecule has 1 aliphatic rings. The first kappa shape index (κ1) is 29.7. The fraction of sp³-hybridized carbons (Fsp3) is 0.414. The number of carbonyl (C=O) groups is 1. The minimum absolute atomic E-state index is 0.199. The smallest absolute Gasteiger partial charge is 0.278 e. The molecule has 218 valence electrons. The molecule has 3 aromatic rings. The highest BCUT2D eigenvalue weighted by molar-refractivity contribution is 5.99. The SMILES string of the molecule is C=CCn1c(=O)c2cnc(Nc3ccc(N4CCN(C)CC4)cc3)nc2n1C(/C=C\C)=N/N(C=O)C(C)(C)COC. The lowest BCUT2D eigenvalue weighted by molar-refractivity contribution is -0.124. The molecule has 41 heavy (non-hydrogen) atoms. The second-order valence-corrected chi connectivity index (χ2v) is 10.5. The lowest BCUT2D eigenvalue weighted by Crippen LogP contribution is -2.44. The van der Waals surface area contributed by atoms with Crippen LogP contribution in [0.3, 0.4) is 0 Å². The van der Waals surface area contributed by atoms with Gasteiger partial charge in [0, 0.05) is 50.9 Å². The Hall–Kier alpha value is -4.29. The number of benzene rings is 1. The van der Waals surface area contributed by atoms with Crippen LogP contribution in [0.4, 0.5) is 17.3 Å². The molecule has 0 spiro atoms. The van der Waals surface area contributed by atoms with E-state index in [0.29, 0.717) is 29.2 Å². The second-order valence-electron chi connectivity index (χ2n) is 10.5. The summed E-state index contributed by atoms with van der Waals surface area (Å²) in [6.07, 6.45) is 7.25.